The minimum Gasteiger partial charge on any atom is -0.261 e. The van der Waals surface area contributed by atoms with Gasteiger partial charge < -0.3 is 0 Å². The van der Waals surface area contributed by atoms with Gasteiger partial charge in [-0.2, -0.15) is 0 Å². The van der Waals surface area contributed by atoms with Gasteiger partial charge in [0.15, 0.2) is 0 Å². The Balaban J connectivity index is 2.20. The van der Waals surface area contributed by atoms with E-state index in [1.807, 2.05) is 6.20 Å². The van der Waals surface area contributed by atoms with Crippen molar-refractivity contribution in [1.29, 1.82) is 0 Å². The summed E-state index contributed by atoms with van der Waals surface area (Å²) in [6.45, 7) is 4.18. The Labute approximate surface area is 90.5 Å². The standard InChI is InChI=1S/C12H16ClN/c1-8-5-11(7-14-9(8)2)10-3-4-12(13)6-10/h5,7,10,12H,3-4,6H2,1-2H3. The summed E-state index contributed by atoms with van der Waals surface area (Å²) >= 11 is 6.11. The molecular formula is C12H16ClN. The van der Waals surface area contributed by atoms with Gasteiger partial charge in [0.05, 0.1) is 0 Å². The Kier molecular flexibility index (Phi) is 2.78. The summed E-state index contributed by atoms with van der Waals surface area (Å²) in [6, 6.07) is 2.27. The molecule has 1 aromatic heterocycles. The molecule has 2 heteroatoms. The maximum atomic E-state index is 6.11. The molecule has 0 saturated heterocycles. The van der Waals surface area contributed by atoms with Crippen molar-refractivity contribution >= 4 is 11.6 Å². The van der Waals surface area contributed by atoms with E-state index in [-0.39, 0.29) is 0 Å². The molecule has 0 aliphatic heterocycles. The summed E-state index contributed by atoms with van der Waals surface area (Å²) in [6.07, 6.45) is 5.51. The van der Waals surface area contributed by atoms with E-state index in [0.29, 0.717) is 11.3 Å². The number of rotatable bonds is 1. The summed E-state index contributed by atoms with van der Waals surface area (Å²) in [7, 11) is 0. The van der Waals surface area contributed by atoms with Gasteiger partial charge in [0.2, 0.25) is 0 Å². The molecule has 0 bridgehead atoms. The topological polar surface area (TPSA) is 12.9 Å². The van der Waals surface area contributed by atoms with Crippen LogP contribution in [0.2, 0.25) is 0 Å². The summed E-state index contributed by atoms with van der Waals surface area (Å²) in [5.41, 5.74) is 3.80. The molecular weight excluding hydrogens is 194 g/mol. The highest BCUT2D eigenvalue weighted by molar-refractivity contribution is 6.20. The van der Waals surface area contributed by atoms with E-state index < -0.39 is 0 Å². The van der Waals surface area contributed by atoms with Crippen molar-refractivity contribution in [3.05, 3.63) is 29.1 Å². The second kappa shape index (κ2) is 3.90. The molecule has 2 unspecified atom stereocenters. The van der Waals surface area contributed by atoms with Crippen LogP contribution in [0.15, 0.2) is 12.3 Å². The van der Waals surface area contributed by atoms with E-state index >= 15 is 0 Å². The number of hydrogen-bond acceptors (Lipinski definition) is 1. The molecule has 0 aromatic carbocycles. The fourth-order valence-electron chi connectivity index (χ4n) is 2.12. The van der Waals surface area contributed by atoms with Crippen LogP contribution in [0, 0.1) is 13.8 Å². The minimum absolute atomic E-state index is 0.376. The van der Waals surface area contributed by atoms with Crippen LogP contribution in [0.3, 0.4) is 0 Å². The molecule has 1 aromatic rings. The van der Waals surface area contributed by atoms with E-state index in [9.17, 15) is 0 Å². The predicted molar refractivity (Wildman–Crippen MR) is 59.9 cm³/mol. The average Bonchev–Trinajstić information content (AvgIpc) is 2.57. The number of hydrogen-bond donors (Lipinski definition) is 0. The quantitative estimate of drug-likeness (QED) is 0.645. The van der Waals surface area contributed by atoms with Crippen LogP contribution in [-0.4, -0.2) is 10.4 Å². The van der Waals surface area contributed by atoms with Gasteiger partial charge in [-0.3, -0.25) is 4.98 Å². The van der Waals surface area contributed by atoms with Crippen molar-refractivity contribution in [3.63, 3.8) is 0 Å². The lowest BCUT2D eigenvalue weighted by Gasteiger charge is -2.10. The van der Waals surface area contributed by atoms with E-state index in [1.165, 1.54) is 17.5 Å². The highest BCUT2D eigenvalue weighted by atomic mass is 35.5. The lowest BCUT2D eigenvalue weighted by atomic mass is 9.98. The van der Waals surface area contributed by atoms with Crippen LogP contribution < -0.4 is 0 Å². The highest BCUT2D eigenvalue weighted by Crippen LogP contribution is 2.37. The van der Waals surface area contributed by atoms with Gasteiger partial charge in [-0.1, -0.05) is 6.07 Å². The third-order valence-corrected chi connectivity index (χ3v) is 3.60. The van der Waals surface area contributed by atoms with Gasteiger partial charge in [-0.05, 0) is 50.2 Å². The van der Waals surface area contributed by atoms with Gasteiger partial charge in [-0.25, -0.2) is 0 Å². The number of aryl methyl sites for hydroxylation is 2. The maximum Gasteiger partial charge on any atom is 0.0401 e. The maximum absolute atomic E-state index is 6.11. The minimum atomic E-state index is 0.376. The van der Waals surface area contributed by atoms with E-state index in [0.717, 1.165) is 18.5 Å². The molecule has 1 heterocycles. The predicted octanol–water partition coefficient (Wildman–Crippen LogP) is 3.57. The Bertz CT molecular complexity index is 335. The third kappa shape index (κ3) is 1.93. The number of halogens is 1. The fraction of sp³-hybridized carbons (Fsp3) is 0.583. The number of nitrogens with zero attached hydrogens (tertiary/aromatic N) is 1. The molecule has 1 aliphatic carbocycles. The molecule has 0 spiro atoms. The van der Waals surface area contributed by atoms with E-state index in [1.54, 1.807) is 0 Å². The van der Waals surface area contributed by atoms with Crippen LogP contribution in [0.4, 0.5) is 0 Å². The molecule has 0 radical (unpaired) electrons. The van der Waals surface area contributed by atoms with Gasteiger partial charge in [-0.15, -0.1) is 11.6 Å². The molecule has 1 aliphatic rings. The van der Waals surface area contributed by atoms with Crippen LogP contribution in [0.25, 0.3) is 0 Å². The zero-order valence-corrected chi connectivity index (χ0v) is 9.51. The largest absolute Gasteiger partial charge is 0.261 e. The molecule has 0 amide bonds. The summed E-state index contributed by atoms with van der Waals surface area (Å²) in [5.74, 6) is 0.643. The Hall–Kier alpha value is -0.560. The van der Waals surface area contributed by atoms with E-state index in [4.69, 9.17) is 11.6 Å². The molecule has 0 N–H and O–H groups in total. The van der Waals surface area contributed by atoms with Crippen LogP contribution in [0.1, 0.15) is 42.0 Å². The Morgan fingerprint density at radius 3 is 2.71 bits per heavy atom. The molecule has 1 saturated carbocycles. The zero-order chi connectivity index (χ0) is 10.1. The van der Waals surface area contributed by atoms with Crippen molar-refractivity contribution in [2.75, 3.05) is 0 Å². The van der Waals surface area contributed by atoms with Crippen molar-refractivity contribution in [2.24, 2.45) is 0 Å². The Morgan fingerprint density at radius 1 is 1.36 bits per heavy atom. The summed E-state index contributed by atoms with van der Waals surface area (Å²) in [5, 5.41) is 0.376. The van der Waals surface area contributed by atoms with Crippen LogP contribution >= 0.6 is 11.6 Å². The summed E-state index contributed by atoms with van der Waals surface area (Å²) < 4.78 is 0. The molecule has 2 atom stereocenters. The van der Waals surface area contributed by atoms with Gasteiger partial charge in [0.1, 0.15) is 0 Å². The summed E-state index contributed by atoms with van der Waals surface area (Å²) in [4.78, 5) is 4.41. The van der Waals surface area contributed by atoms with Crippen LogP contribution in [0.5, 0.6) is 0 Å². The first-order valence-corrected chi connectivity index (χ1v) is 5.67. The van der Waals surface area contributed by atoms with Crippen molar-refractivity contribution in [3.8, 4) is 0 Å². The fourth-order valence-corrected chi connectivity index (χ4v) is 2.46. The van der Waals surface area contributed by atoms with Gasteiger partial charge in [0.25, 0.3) is 0 Å². The highest BCUT2D eigenvalue weighted by Gasteiger charge is 2.24. The second-order valence-corrected chi connectivity index (χ2v) is 4.90. The third-order valence-electron chi connectivity index (χ3n) is 3.20. The van der Waals surface area contributed by atoms with Crippen molar-refractivity contribution in [1.82, 2.24) is 4.98 Å². The lowest BCUT2D eigenvalue weighted by Crippen LogP contribution is -1.97. The normalized spacial score (nSPS) is 26.8. The second-order valence-electron chi connectivity index (χ2n) is 4.28. The molecule has 1 nitrogen and oxygen atoms in total. The van der Waals surface area contributed by atoms with Crippen molar-refractivity contribution in [2.45, 2.75) is 44.4 Å². The van der Waals surface area contributed by atoms with Crippen molar-refractivity contribution < 1.29 is 0 Å². The first-order valence-electron chi connectivity index (χ1n) is 5.24. The van der Waals surface area contributed by atoms with Gasteiger partial charge in [0, 0.05) is 17.3 Å². The van der Waals surface area contributed by atoms with Gasteiger partial charge >= 0.3 is 0 Å². The first-order chi connectivity index (χ1) is 6.66. The SMILES string of the molecule is Cc1cc(C2CCC(Cl)C2)cnc1C. The monoisotopic (exact) mass is 209 g/mol. The molecule has 76 valence electrons. The average molecular weight is 210 g/mol. The molecule has 1 fully saturated rings. The van der Waals surface area contributed by atoms with E-state index in [2.05, 4.69) is 24.9 Å². The number of pyridine rings is 1. The molecule has 14 heavy (non-hydrogen) atoms. The Morgan fingerprint density at radius 2 is 2.14 bits per heavy atom. The smallest absolute Gasteiger partial charge is 0.0401 e. The first kappa shape index (κ1) is 9.97. The van der Waals surface area contributed by atoms with Crippen LogP contribution in [-0.2, 0) is 0 Å². The zero-order valence-electron chi connectivity index (χ0n) is 8.76. The molecule has 2 rings (SSSR count). The number of aromatic nitrogens is 1. The lowest BCUT2D eigenvalue weighted by molar-refractivity contribution is 0.718. The number of alkyl halides is 1.